The number of aromatic nitrogens is 1. The molecule has 0 spiro atoms. The third-order valence-corrected chi connectivity index (χ3v) is 6.44. The summed E-state index contributed by atoms with van der Waals surface area (Å²) in [6.07, 6.45) is 2.61. The quantitative estimate of drug-likeness (QED) is 0.432. The van der Waals surface area contributed by atoms with E-state index in [1.165, 1.54) is 5.56 Å². The standard InChI is InChI=1S/C26H20N2O2S/c1-30-25-13-11-20(16-27-25)19-9-6-17(7-10-19)14-18-8-12-24-22(15-18)28-26(29)21-4-2-3-5-23(21)31-24/h2-13,15-16H,14H2,1H3,(H,28,29). The summed E-state index contributed by atoms with van der Waals surface area (Å²) in [4.78, 5) is 18.9. The van der Waals surface area contributed by atoms with E-state index in [1.807, 2.05) is 42.6 Å². The number of hydrogen-bond donors (Lipinski definition) is 1. The Hall–Kier alpha value is -3.57. The van der Waals surface area contributed by atoms with Gasteiger partial charge in [0.2, 0.25) is 5.88 Å². The number of ether oxygens (including phenoxy) is 1. The molecule has 0 saturated carbocycles. The summed E-state index contributed by atoms with van der Waals surface area (Å²) in [6, 6.07) is 26.4. The molecular weight excluding hydrogens is 404 g/mol. The summed E-state index contributed by atoms with van der Waals surface area (Å²) in [5.74, 6) is 0.549. The van der Waals surface area contributed by atoms with Crippen LogP contribution in [0.1, 0.15) is 21.5 Å². The van der Waals surface area contributed by atoms with Crippen molar-refractivity contribution in [1.82, 2.24) is 4.98 Å². The molecule has 0 fully saturated rings. The minimum atomic E-state index is -0.0588. The molecule has 0 unspecified atom stereocenters. The van der Waals surface area contributed by atoms with Crippen molar-refractivity contribution in [2.24, 2.45) is 0 Å². The summed E-state index contributed by atoms with van der Waals surface area (Å²) < 4.78 is 5.12. The largest absolute Gasteiger partial charge is 0.481 e. The number of benzene rings is 3. The predicted molar refractivity (Wildman–Crippen MR) is 124 cm³/mol. The second kappa shape index (κ2) is 8.28. The Kier molecular flexibility index (Phi) is 5.18. The Bertz CT molecular complexity index is 1250. The summed E-state index contributed by atoms with van der Waals surface area (Å²) >= 11 is 1.63. The van der Waals surface area contributed by atoms with E-state index in [0.29, 0.717) is 11.4 Å². The van der Waals surface area contributed by atoms with Gasteiger partial charge in [-0.2, -0.15) is 0 Å². The maximum absolute atomic E-state index is 12.6. The molecule has 3 aromatic carbocycles. The SMILES string of the molecule is COc1ccc(-c2ccc(Cc3ccc4c(c3)NC(=O)c3ccccc3S4)cc2)cn1. The van der Waals surface area contributed by atoms with E-state index in [4.69, 9.17) is 4.74 Å². The highest BCUT2D eigenvalue weighted by Crippen LogP contribution is 2.39. The number of carbonyl (C=O) groups is 1. The highest BCUT2D eigenvalue weighted by molar-refractivity contribution is 7.99. The fourth-order valence-corrected chi connectivity index (χ4v) is 4.66. The monoisotopic (exact) mass is 424 g/mol. The average Bonchev–Trinajstić information content (AvgIpc) is 2.95. The topological polar surface area (TPSA) is 51.2 Å². The van der Waals surface area contributed by atoms with E-state index in [0.717, 1.165) is 38.6 Å². The molecule has 0 bridgehead atoms. The molecule has 1 aromatic heterocycles. The molecule has 152 valence electrons. The van der Waals surface area contributed by atoms with Gasteiger partial charge in [0.05, 0.1) is 18.4 Å². The van der Waals surface area contributed by atoms with E-state index in [2.05, 4.69) is 52.8 Å². The number of hydrogen-bond acceptors (Lipinski definition) is 4. The third kappa shape index (κ3) is 4.05. The fraction of sp³-hybridized carbons (Fsp3) is 0.0769. The molecule has 0 radical (unpaired) electrons. The molecule has 1 amide bonds. The zero-order chi connectivity index (χ0) is 21.2. The van der Waals surface area contributed by atoms with E-state index in [9.17, 15) is 4.79 Å². The summed E-state index contributed by atoms with van der Waals surface area (Å²) in [7, 11) is 1.61. The van der Waals surface area contributed by atoms with Gasteiger partial charge in [0.15, 0.2) is 0 Å². The summed E-state index contributed by atoms with van der Waals surface area (Å²) in [5.41, 5.74) is 6.11. The van der Waals surface area contributed by atoms with Gasteiger partial charge in [0.1, 0.15) is 0 Å². The van der Waals surface area contributed by atoms with Crippen LogP contribution in [0, 0.1) is 0 Å². The van der Waals surface area contributed by atoms with Crippen molar-refractivity contribution in [3.8, 4) is 17.0 Å². The van der Waals surface area contributed by atoms with Crippen molar-refractivity contribution in [1.29, 1.82) is 0 Å². The second-order valence-electron chi connectivity index (χ2n) is 7.35. The molecule has 4 aromatic rings. The van der Waals surface area contributed by atoms with Crippen molar-refractivity contribution in [2.75, 3.05) is 12.4 Å². The van der Waals surface area contributed by atoms with Gasteiger partial charge in [-0.1, -0.05) is 54.2 Å². The Morgan fingerprint density at radius 2 is 1.65 bits per heavy atom. The molecule has 0 aliphatic carbocycles. The van der Waals surface area contributed by atoms with Crippen LogP contribution in [0.25, 0.3) is 11.1 Å². The maximum Gasteiger partial charge on any atom is 0.256 e. The molecule has 5 rings (SSSR count). The molecule has 1 N–H and O–H groups in total. The van der Waals surface area contributed by atoms with Crippen LogP contribution in [0.5, 0.6) is 5.88 Å². The van der Waals surface area contributed by atoms with Crippen LogP contribution in [0.15, 0.2) is 94.9 Å². The Morgan fingerprint density at radius 1 is 0.871 bits per heavy atom. The van der Waals surface area contributed by atoms with E-state index in [-0.39, 0.29) is 5.91 Å². The minimum absolute atomic E-state index is 0.0588. The second-order valence-corrected chi connectivity index (χ2v) is 8.43. The van der Waals surface area contributed by atoms with Gasteiger partial charge in [-0.15, -0.1) is 0 Å². The molecule has 0 saturated heterocycles. The molecule has 0 atom stereocenters. The average molecular weight is 425 g/mol. The molecular formula is C26H20N2O2S. The van der Waals surface area contributed by atoms with Crippen molar-refractivity contribution in [3.05, 3.63) is 102 Å². The number of nitrogens with zero attached hydrogens (tertiary/aromatic N) is 1. The van der Waals surface area contributed by atoms with Gasteiger partial charge in [0, 0.05) is 27.6 Å². The Morgan fingerprint density at radius 3 is 2.42 bits per heavy atom. The van der Waals surface area contributed by atoms with Crippen LogP contribution in [0.3, 0.4) is 0 Å². The number of pyridine rings is 1. The van der Waals surface area contributed by atoms with Crippen molar-refractivity contribution >= 4 is 23.4 Å². The number of methoxy groups -OCH3 is 1. The highest BCUT2D eigenvalue weighted by atomic mass is 32.2. The zero-order valence-corrected chi connectivity index (χ0v) is 17.8. The molecule has 1 aliphatic heterocycles. The molecule has 5 heteroatoms. The minimum Gasteiger partial charge on any atom is -0.481 e. The number of amides is 1. The van der Waals surface area contributed by atoms with Crippen molar-refractivity contribution in [2.45, 2.75) is 16.2 Å². The van der Waals surface area contributed by atoms with Crippen molar-refractivity contribution in [3.63, 3.8) is 0 Å². The number of nitrogens with one attached hydrogen (secondary N) is 1. The maximum atomic E-state index is 12.6. The lowest BCUT2D eigenvalue weighted by Gasteiger charge is -2.10. The van der Waals surface area contributed by atoms with E-state index in [1.54, 1.807) is 18.9 Å². The normalized spacial score (nSPS) is 12.4. The van der Waals surface area contributed by atoms with Gasteiger partial charge in [-0.05, 0) is 53.4 Å². The fourth-order valence-electron chi connectivity index (χ4n) is 3.65. The first-order chi connectivity index (χ1) is 15.2. The first-order valence-electron chi connectivity index (χ1n) is 10.00. The zero-order valence-electron chi connectivity index (χ0n) is 17.0. The van der Waals surface area contributed by atoms with Gasteiger partial charge in [0.25, 0.3) is 5.91 Å². The molecule has 1 aliphatic rings. The van der Waals surface area contributed by atoms with Crippen LogP contribution in [-0.4, -0.2) is 18.0 Å². The van der Waals surface area contributed by atoms with Crippen LogP contribution in [-0.2, 0) is 6.42 Å². The van der Waals surface area contributed by atoms with Gasteiger partial charge >= 0.3 is 0 Å². The number of rotatable bonds is 4. The first-order valence-corrected chi connectivity index (χ1v) is 10.8. The lowest BCUT2D eigenvalue weighted by atomic mass is 10.0. The van der Waals surface area contributed by atoms with Crippen LogP contribution in [0.4, 0.5) is 5.69 Å². The smallest absolute Gasteiger partial charge is 0.256 e. The highest BCUT2D eigenvalue weighted by Gasteiger charge is 2.19. The van der Waals surface area contributed by atoms with Gasteiger partial charge < -0.3 is 10.1 Å². The van der Waals surface area contributed by atoms with Crippen LogP contribution >= 0.6 is 11.8 Å². The molecule has 31 heavy (non-hydrogen) atoms. The number of anilines is 1. The van der Waals surface area contributed by atoms with E-state index < -0.39 is 0 Å². The summed E-state index contributed by atoms with van der Waals surface area (Å²) in [6.45, 7) is 0. The van der Waals surface area contributed by atoms with Gasteiger partial charge in [-0.3, -0.25) is 4.79 Å². The lowest BCUT2D eigenvalue weighted by Crippen LogP contribution is -2.11. The lowest BCUT2D eigenvalue weighted by molar-refractivity contribution is 0.102. The van der Waals surface area contributed by atoms with E-state index >= 15 is 0 Å². The van der Waals surface area contributed by atoms with Crippen molar-refractivity contribution < 1.29 is 9.53 Å². The Labute approximate surface area is 185 Å². The van der Waals surface area contributed by atoms with Gasteiger partial charge in [-0.25, -0.2) is 4.98 Å². The summed E-state index contributed by atoms with van der Waals surface area (Å²) in [5, 5.41) is 3.07. The molecule has 2 heterocycles. The Balaban J connectivity index is 1.35. The number of carbonyl (C=O) groups excluding carboxylic acids is 1. The molecule has 4 nitrogen and oxygen atoms in total. The van der Waals surface area contributed by atoms with Crippen LogP contribution in [0.2, 0.25) is 0 Å². The first kappa shape index (κ1) is 19.4. The van der Waals surface area contributed by atoms with Crippen LogP contribution < -0.4 is 10.1 Å². The predicted octanol–water partition coefficient (Wildman–Crippen LogP) is 6.06. The number of fused-ring (bicyclic) bond motifs is 2. The third-order valence-electron chi connectivity index (χ3n) is 5.28.